The van der Waals surface area contributed by atoms with Crippen molar-refractivity contribution in [1.82, 2.24) is 4.31 Å². The summed E-state index contributed by atoms with van der Waals surface area (Å²) in [5, 5.41) is 11.9. The molecule has 1 aliphatic heterocycles. The molecule has 1 N–H and O–H groups in total. The number of benzene rings is 3. The number of hydrogen-bond acceptors (Lipinski definition) is 3. The molecule has 0 fully saturated rings. The molecule has 6 heteroatoms. The SMILES string of the molecule is Cc1ccc(S(=O)(=O)N2[C@@H](c3cccc4ccccc34)C(C(=O)O)=C[C@H]2C(C)(C)C)cc1. The van der Waals surface area contributed by atoms with E-state index in [1.54, 1.807) is 30.3 Å². The van der Waals surface area contributed by atoms with Crippen LogP contribution in [0.15, 0.2) is 83.3 Å². The lowest BCUT2D eigenvalue weighted by atomic mass is 9.87. The summed E-state index contributed by atoms with van der Waals surface area (Å²) in [6.07, 6.45) is 1.61. The van der Waals surface area contributed by atoms with E-state index in [0.29, 0.717) is 5.56 Å². The summed E-state index contributed by atoms with van der Waals surface area (Å²) in [7, 11) is -4.00. The van der Waals surface area contributed by atoms with Gasteiger partial charge in [-0.15, -0.1) is 0 Å². The van der Waals surface area contributed by atoms with Gasteiger partial charge >= 0.3 is 5.97 Å². The van der Waals surface area contributed by atoms with E-state index in [-0.39, 0.29) is 10.5 Å². The van der Waals surface area contributed by atoms with Gasteiger partial charge in [-0.25, -0.2) is 13.2 Å². The highest BCUT2D eigenvalue weighted by Gasteiger charge is 2.49. The largest absolute Gasteiger partial charge is 0.478 e. The number of carboxylic acids is 1. The van der Waals surface area contributed by atoms with Crippen molar-refractivity contribution in [3.63, 3.8) is 0 Å². The fourth-order valence-corrected chi connectivity index (χ4v) is 6.27. The number of aliphatic carboxylic acids is 1. The van der Waals surface area contributed by atoms with Crippen LogP contribution in [-0.2, 0) is 14.8 Å². The lowest BCUT2D eigenvalue weighted by Crippen LogP contribution is -2.45. The van der Waals surface area contributed by atoms with E-state index in [1.165, 1.54) is 4.31 Å². The van der Waals surface area contributed by atoms with Gasteiger partial charge < -0.3 is 5.11 Å². The maximum atomic E-state index is 14.0. The second-order valence-electron chi connectivity index (χ2n) is 9.36. The van der Waals surface area contributed by atoms with Crippen LogP contribution in [0.25, 0.3) is 10.8 Å². The number of carbonyl (C=O) groups is 1. The predicted molar refractivity (Wildman–Crippen MR) is 126 cm³/mol. The van der Waals surface area contributed by atoms with Crippen molar-refractivity contribution in [2.45, 2.75) is 44.7 Å². The fraction of sp³-hybridized carbons (Fsp3) is 0.269. The van der Waals surface area contributed by atoms with Crippen molar-refractivity contribution < 1.29 is 18.3 Å². The molecule has 3 aromatic carbocycles. The summed E-state index contributed by atoms with van der Waals surface area (Å²) < 4.78 is 29.4. The van der Waals surface area contributed by atoms with Gasteiger partial charge in [0.15, 0.2) is 0 Å². The summed E-state index contributed by atoms with van der Waals surface area (Å²) in [6, 6.07) is 18.4. The monoisotopic (exact) mass is 449 g/mol. The lowest BCUT2D eigenvalue weighted by molar-refractivity contribution is -0.133. The van der Waals surface area contributed by atoms with Crippen LogP contribution in [0, 0.1) is 12.3 Å². The molecule has 0 bridgehead atoms. The summed E-state index contributed by atoms with van der Waals surface area (Å²) in [4.78, 5) is 12.5. The van der Waals surface area contributed by atoms with Gasteiger partial charge in [0.25, 0.3) is 0 Å². The summed E-state index contributed by atoms with van der Waals surface area (Å²) in [5.74, 6) is -1.11. The van der Waals surface area contributed by atoms with Crippen LogP contribution in [0.4, 0.5) is 0 Å². The summed E-state index contributed by atoms with van der Waals surface area (Å²) >= 11 is 0. The van der Waals surface area contributed by atoms with Crippen LogP contribution in [0.3, 0.4) is 0 Å². The van der Waals surface area contributed by atoms with Crippen molar-refractivity contribution in [2.24, 2.45) is 5.41 Å². The first-order chi connectivity index (χ1) is 15.0. The van der Waals surface area contributed by atoms with Crippen LogP contribution >= 0.6 is 0 Å². The molecule has 3 aromatic rings. The Kier molecular flexibility index (Phi) is 5.47. The minimum absolute atomic E-state index is 0.0805. The Balaban J connectivity index is 2.00. The second kappa shape index (κ2) is 7.87. The third-order valence-electron chi connectivity index (χ3n) is 6.01. The van der Waals surface area contributed by atoms with Crippen molar-refractivity contribution in [2.75, 3.05) is 0 Å². The molecule has 4 rings (SSSR count). The van der Waals surface area contributed by atoms with E-state index in [9.17, 15) is 18.3 Å². The number of rotatable bonds is 4. The molecule has 32 heavy (non-hydrogen) atoms. The Labute approximate surface area is 189 Å². The van der Waals surface area contributed by atoms with E-state index in [2.05, 4.69) is 0 Å². The standard InChI is InChI=1S/C26H27NO4S/c1-17-12-14-19(15-13-17)32(30,31)27-23(26(2,3)4)16-22(25(28)29)24(27)21-11-7-9-18-8-5-6-10-20(18)21/h5-16,23-24H,1-4H3,(H,28,29)/t23-,24-/m0/s1. The highest BCUT2D eigenvalue weighted by atomic mass is 32.2. The van der Waals surface area contributed by atoms with Crippen LogP contribution in [0.5, 0.6) is 0 Å². The van der Waals surface area contributed by atoms with Gasteiger partial charge in [-0.05, 0) is 40.8 Å². The Morgan fingerprint density at radius 2 is 1.56 bits per heavy atom. The first-order valence-corrected chi connectivity index (χ1v) is 12.0. The van der Waals surface area contributed by atoms with Gasteiger partial charge in [-0.2, -0.15) is 4.31 Å². The molecule has 0 radical (unpaired) electrons. The number of sulfonamides is 1. The maximum Gasteiger partial charge on any atom is 0.333 e. The highest BCUT2D eigenvalue weighted by molar-refractivity contribution is 7.89. The fourth-order valence-electron chi connectivity index (χ4n) is 4.37. The average Bonchev–Trinajstić information content (AvgIpc) is 3.16. The molecule has 5 nitrogen and oxygen atoms in total. The Morgan fingerprint density at radius 1 is 0.938 bits per heavy atom. The molecule has 166 valence electrons. The number of hydrogen-bond donors (Lipinski definition) is 1. The summed E-state index contributed by atoms with van der Waals surface area (Å²) in [6.45, 7) is 7.68. The molecular weight excluding hydrogens is 422 g/mol. The van der Waals surface area contributed by atoms with Crippen molar-refractivity contribution in [3.05, 3.63) is 89.5 Å². The van der Waals surface area contributed by atoms with Gasteiger partial charge in [-0.3, -0.25) is 0 Å². The zero-order chi connectivity index (χ0) is 23.3. The smallest absolute Gasteiger partial charge is 0.333 e. The Morgan fingerprint density at radius 3 is 2.19 bits per heavy atom. The molecule has 0 spiro atoms. The third kappa shape index (κ3) is 3.74. The first-order valence-electron chi connectivity index (χ1n) is 10.5. The highest BCUT2D eigenvalue weighted by Crippen LogP contribution is 2.47. The van der Waals surface area contributed by atoms with E-state index < -0.39 is 33.5 Å². The third-order valence-corrected chi connectivity index (χ3v) is 7.87. The zero-order valence-electron chi connectivity index (χ0n) is 18.6. The molecule has 0 aliphatic carbocycles. The molecule has 0 saturated carbocycles. The second-order valence-corrected chi connectivity index (χ2v) is 11.2. The van der Waals surface area contributed by atoms with Crippen LogP contribution in [0.1, 0.15) is 37.9 Å². The molecule has 2 atom stereocenters. The normalized spacial score (nSPS) is 19.8. The minimum atomic E-state index is -4.00. The van der Waals surface area contributed by atoms with Gasteiger partial charge in [0.2, 0.25) is 10.0 Å². The van der Waals surface area contributed by atoms with Crippen molar-refractivity contribution >= 4 is 26.8 Å². The van der Waals surface area contributed by atoms with E-state index >= 15 is 0 Å². The van der Waals surface area contributed by atoms with Crippen LogP contribution in [0.2, 0.25) is 0 Å². The van der Waals surface area contributed by atoms with Crippen LogP contribution in [-0.4, -0.2) is 29.8 Å². The van der Waals surface area contributed by atoms with Crippen molar-refractivity contribution in [3.8, 4) is 0 Å². The molecule has 0 unspecified atom stereocenters. The van der Waals surface area contributed by atoms with Gasteiger partial charge in [0, 0.05) is 6.04 Å². The number of carboxylic acid groups (broad SMARTS) is 1. The molecule has 0 aromatic heterocycles. The molecular formula is C26H27NO4S. The average molecular weight is 450 g/mol. The quantitative estimate of drug-likeness (QED) is 0.585. The number of fused-ring (bicyclic) bond motifs is 1. The van der Waals surface area contributed by atoms with E-state index in [1.807, 2.05) is 70.2 Å². The number of aryl methyl sites for hydroxylation is 1. The van der Waals surface area contributed by atoms with Crippen LogP contribution < -0.4 is 0 Å². The van der Waals surface area contributed by atoms with Gasteiger partial charge in [0.05, 0.1) is 16.5 Å². The molecule has 1 aliphatic rings. The number of nitrogens with zero attached hydrogens (tertiary/aromatic N) is 1. The minimum Gasteiger partial charge on any atom is -0.478 e. The molecule has 1 heterocycles. The summed E-state index contributed by atoms with van der Waals surface area (Å²) in [5.41, 5.74) is 1.18. The Hall–Kier alpha value is -2.96. The zero-order valence-corrected chi connectivity index (χ0v) is 19.4. The maximum absolute atomic E-state index is 14.0. The van der Waals surface area contributed by atoms with Gasteiger partial charge in [-0.1, -0.05) is 87.0 Å². The van der Waals surface area contributed by atoms with E-state index in [4.69, 9.17) is 0 Å². The molecule has 0 saturated heterocycles. The topological polar surface area (TPSA) is 74.7 Å². The lowest BCUT2D eigenvalue weighted by Gasteiger charge is -2.37. The first kappa shape index (κ1) is 22.2. The van der Waals surface area contributed by atoms with E-state index in [0.717, 1.165) is 16.3 Å². The molecule has 0 amide bonds. The Bertz CT molecular complexity index is 1310. The van der Waals surface area contributed by atoms with Crippen molar-refractivity contribution in [1.29, 1.82) is 0 Å². The van der Waals surface area contributed by atoms with Gasteiger partial charge in [0.1, 0.15) is 0 Å². The predicted octanol–water partition coefficient (Wildman–Crippen LogP) is 5.32.